The monoisotopic (exact) mass is 353 g/mol. The molecule has 1 N–H and O–H groups in total. The molecule has 2 rings (SSSR count). The van der Waals surface area contributed by atoms with Gasteiger partial charge in [0.15, 0.2) is 0 Å². The van der Waals surface area contributed by atoms with Gasteiger partial charge in [-0.3, -0.25) is 0 Å². The number of nitrogens with one attached hydrogen (secondary N) is 1. The van der Waals surface area contributed by atoms with Gasteiger partial charge in [-0.25, -0.2) is 0 Å². The molecule has 0 aromatic heterocycles. The summed E-state index contributed by atoms with van der Waals surface area (Å²) in [5.74, 6) is 1.56. The van der Waals surface area contributed by atoms with E-state index in [2.05, 4.69) is 40.3 Å². The Balaban J connectivity index is 2.19. The van der Waals surface area contributed by atoms with Crippen molar-refractivity contribution in [2.75, 3.05) is 6.54 Å². The quantitative estimate of drug-likeness (QED) is 0.785. The first-order chi connectivity index (χ1) is 9.60. The fourth-order valence-electron chi connectivity index (χ4n) is 1.81. The number of benzene rings is 2. The van der Waals surface area contributed by atoms with Crippen LogP contribution in [0.5, 0.6) is 11.5 Å². The number of aryl methyl sites for hydroxylation is 1. The van der Waals surface area contributed by atoms with E-state index in [-0.39, 0.29) is 0 Å². The van der Waals surface area contributed by atoms with Crippen LogP contribution in [0.15, 0.2) is 40.9 Å². The summed E-state index contributed by atoms with van der Waals surface area (Å²) in [6.07, 6.45) is 0. The number of rotatable bonds is 5. The largest absolute Gasteiger partial charge is 0.456 e. The van der Waals surface area contributed by atoms with Gasteiger partial charge in [0.2, 0.25) is 0 Å². The van der Waals surface area contributed by atoms with Crippen molar-refractivity contribution >= 4 is 27.5 Å². The third kappa shape index (κ3) is 3.98. The second kappa shape index (κ2) is 7.11. The lowest BCUT2D eigenvalue weighted by Gasteiger charge is -2.12. The van der Waals surface area contributed by atoms with Crippen LogP contribution in [0.4, 0.5) is 0 Å². The highest BCUT2D eigenvalue weighted by Crippen LogP contribution is 2.33. The summed E-state index contributed by atoms with van der Waals surface area (Å²) < 4.78 is 6.87. The molecule has 0 atom stereocenters. The van der Waals surface area contributed by atoms with E-state index in [9.17, 15) is 0 Å². The SMILES string of the molecule is CCNCc1ccc(Oc2cc(Cl)ccc2C)c(Br)c1. The normalized spacial score (nSPS) is 10.6. The van der Waals surface area contributed by atoms with Gasteiger partial charge >= 0.3 is 0 Å². The fraction of sp³-hybridized carbons (Fsp3) is 0.250. The van der Waals surface area contributed by atoms with E-state index >= 15 is 0 Å². The van der Waals surface area contributed by atoms with E-state index in [1.807, 2.05) is 31.2 Å². The van der Waals surface area contributed by atoms with E-state index in [4.69, 9.17) is 16.3 Å². The van der Waals surface area contributed by atoms with Crippen molar-refractivity contribution in [2.24, 2.45) is 0 Å². The predicted molar refractivity (Wildman–Crippen MR) is 87.8 cm³/mol. The molecule has 20 heavy (non-hydrogen) atoms. The van der Waals surface area contributed by atoms with Gasteiger partial charge in [-0.1, -0.05) is 30.7 Å². The van der Waals surface area contributed by atoms with Gasteiger partial charge in [0.05, 0.1) is 4.47 Å². The minimum absolute atomic E-state index is 0.672. The number of hydrogen-bond acceptors (Lipinski definition) is 2. The molecule has 2 aromatic carbocycles. The van der Waals surface area contributed by atoms with Crippen LogP contribution in [0.3, 0.4) is 0 Å². The second-order valence-corrected chi connectivity index (χ2v) is 5.85. The number of ether oxygens (including phenoxy) is 1. The maximum Gasteiger partial charge on any atom is 0.141 e. The molecule has 0 aliphatic carbocycles. The van der Waals surface area contributed by atoms with Gasteiger partial charge < -0.3 is 10.1 Å². The van der Waals surface area contributed by atoms with Crippen molar-refractivity contribution in [3.63, 3.8) is 0 Å². The highest BCUT2D eigenvalue weighted by atomic mass is 79.9. The minimum atomic E-state index is 0.672. The summed E-state index contributed by atoms with van der Waals surface area (Å²) in [7, 11) is 0. The zero-order chi connectivity index (χ0) is 14.5. The summed E-state index contributed by atoms with van der Waals surface area (Å²) in [6, 6.07) is 11.7. The van der Waals surface area contributed by atoms with Gasteiger partial charge in [-0.15, -0.1) is 0 Å². The first kappa shape index (κ1) is 15.4. The van der Waals surface area contributed by atoms with E-state index < -0.39 is 0 Å². The molecule has 0 amide bonds. The summed E-state index contributed by atoms with van der Waals surface area (Å²) in [6.45, 7) is 5.90. The molecule has 0 saturated carbocycles. The topological polar surface area (TPSA) is 21.3 Å². The Labute approximate surface area is 133 Å². The van der Waals surface area contributed by atoms with Gasteiger partial charge in [-0.05, 0) is 64.8 Å². The van der Waals surface area contributed by atoms with Crippen molar-refractivity contribution in [3.8, 4) is 11.5 Å². The van der Waals surface area contributed by atoms with Crippen LogP contribution in [-0.2, 0) is 6.54 Å². The molecular formula is C16H17BrClNO. The Kier molecular flexibility index (Phi) is 5.46. The van der Waals surface area contributed by atoms with E-state index in [1.165, 1.54) is 5.56 Å². The maximum atomic E-state index is 6.01. The standard InChI is InChI=1S/C16H17BrClNO/c1-3-19-10-12-5-7-15(14(17)8-12)20-16-9-13(18)6-4-11(16)2/h4-9,19H,3,10H2,1-2H3. The predicted octanol–water partition coefficient (Wildman–Crippen LogP) is 5.31. The van der Waals surface area contributed by atoms with E-state index in [0.29, 0.717) is 5.02 Å². The van der Waals surface area contributed by atoms with Crippen molar-refractivity contribution in [1.29, 1.82) is 0 Å². The van der Waals surface area contributed by atoms with Gasteiger partial charge in [0.1, 0.15) is 11.5 Å². The van der Waals surface area contributed by atoms with E-state index in [1.54, 1.807) is 0 Å². The Morgan fingerprint density at radius 1 is 1.15 bits per heavy atom. The average Bonchev–Trinajstić information content (AvgIpc) is 2.43. The van der Waals surface area contributed by atoms with Crippen LogP contribution in [0.2, 0.25) is 5.02 Å². The van der Waals surface area contributed by atoms with Crippen molar-refractivity contribution in [2.45, 2.75) is 20.4 Å². The van der Waals surface area contributed by atoms with E-state index in [0.717, 1.165) is 34.6 Å². The molecule has 0 fully saturated rings. The second-order valence-electron chi connectivity index (χ2n) is 4.56. The molecule has 0 heterocycles. The van der Waals surface area contributed by atoms with Crippen molar-refractivity contribution in [3.05, 3.63) is 57.0 Å². The summed E-state index contributed by atoms with van der Waals surface area (Å²) in [5, 5.41) is 3.97. The molecule has 0 radical (unpaired) electrons. The van der Waals surface area contributed by atoms with Crippen molar-refractivity contribution < 1.29 is 4.74 Å². The Hall–Kier alpha value is -1.03. The highest BCUT2D eigenvalue weighted by Gasteiger charge is 2.07. The average molecular weight is 355 g/mol. The molecule has 0 unspecified atom stereocenters. The molecule has 2 aromatic rings. The van der Waals surface area contributed by atoms with Crippen LogP contribution in [0, 0.1) is 6.92 Å². The molecule has 106 valence electrons. The molecule has 0 saturated heterocycles. The summed E-state index contributed by atoms with van der Waals surface area (Å²) in [5.41, 5.74) is 2.27. The lowest BCUT2D eigenvalue weighted by Crippen LogP contribution is -2.11. The smallest absolute Gasteiger partial charge is 0.141 e. The summed E-state index contributed by atoms with van der Waals surface area (Å²) in [4.78, 5) is 0. The lowest BCUT2D eigenvalue weighted by atomic mass is 10.2. The molecule has 0 bridgehead atoms. The Morgan fingerprint density at radius 2 is 1.95 bits per heavy atom. The Morgan fingerprint density at radius 3 is 2.65 bits per heavy atom. The van der Waals surface area contributed by atoms with Gasteiger partial charge in [0.25, 0.3) is 0 Å². The Bertz CT molecular complexity index is 601. The van der Waals surface area contributed by atoms with Crippen LogP contribution in [0.25, 0.3) is 0 Å². The first-order valence-corrected chi connectivity index (χ1v) is 7.70. The summed E-state index contributed by atoms with van der Waals surface area (Å²) >= 11 is 9.56. The minimum Gasteiger partial charge on any atom is -0.456 e. The number of halogens is 2. The zero-order valence-corrected chi connectivity index (χ0v) is 13.9. The number of hydrogen-bond donors (Lipinski definition) is 1. The van der Waals surface area contributed by atoms with Crippen LogP contribution >= 0.6 is 27.5 Å². The van der Waals surface area contributed by atoms with Crippen LogP contribution in [-0.4, -0.2) is 6.54 Å². The van der Waals surface area contributed by atoms with Gasteiger partial charge in [0, 0.05) is 11.6 Å². The van der Waals surface area contributed by atoms with Gasteiger partial charge in [-0.2, -0.15) is 0 Å². The van der Waals surface area contributed by atoms with Crippen LogP contribution < -0.4 is 10.1 Å². The van der Waals surface area contributed by atoms with Crippen LogP contribution in [0.1, 0.15) is 18.1 Å². The third-order valence-electron chi connectivity index (χ3n) is 2.95. The molecule has 4 heteroatoms. The fourth-order valence-corrected chi connectivity index (χ4v) is 2.48. The molecule has 0 spiro atoms. The molecular weight excluding hydrogens is 338 g/mol. The highest BCUT2D eigenvalue weighted by molar-refractivity contribution is 9.10. The van der Waals surface area contributed by atoms with Crippen molar-refractivity contribution in [1.82, 2.24) is 5.32 Å². The maximum absolute atomic E-state index is 6.01. The zero-order valence-electron chi connectivity index (χ0n) is 11.5. The molecule has 0 aliphatic heterocycles. The third-order valence-corrected chi connectivity index (χ3v) is 3.80. The molecule has 0 aliphatic rings. The first-order valence-electron chi connectivity index (χ1n) is 6.53. The molecule has 2 nitrogen and oxygen atoms in total. The lowest BCUT2D eigenvalue weighted by molar-refractivity contribution is 0.475.